The molecule has 56 heavy (non-hydrogen) atoms. The van der Waals surface area contributed by atoms with E-state index < -0.39 is 10.8 Å². The summed E-state index contributed by atoms with van der Waals surface area (Å²) in [5, 5.41) is 0.194. The maximum atomic E-state index is 9.56. The second-order valence-electron chi connectivity index (χ2n) is 12.7. The third kappa shape index (κ3) is 9.10. The van der Waals surface area contributed by atoms with Crippen LogP contribution in [0.1, 0.15) is 67.8 Å². The zero-order chi connectivity index (χ0) is 38.1. The Morgan fingerprint density at radius 3 is 0.661 bits per heavy atom. The molecule has 0 aliphatic carbocycles. The van der Waals surface area contributed by atoms with Crippen molar-refractivity contribution in [2.24, 2.45) is 0 Å². The van der Waals surface area contributed by atoms with Crippen LogP contribution in [0.3, 0.4) is 0 Å². The van der Waals surface area contributed by atoms with Crippen molar-refractivity contribution in [3.05, 3.63) is 261 Å². The average molecular weight is 841 g/mol. The van der Waals surface area contributed by atoms with Gasteiger partial charge >= 0.3 is 0 Å². The van der Waals surface area contributed by atoms with Gasteiger partial charge in [-0.05, 0) is 118 Å². The Balaban J connectivity index is 0.000000618. The Hall–Kier alpha value is -5.17. The molecule has 0 amide bonds. The van der Waals surface area contributed by atoms with E-state index in [4.69, 9.17) is 43.1 Å². The summed E-state index contributed by atoms with van der Waals surface area (Å²) in [4.78, 5) is 21.2. The van der Waals surface area contributed by atoms with Crippen LogP contribution >= 0.6 is 23.2 Å². The maximum absolute atomic E-state index is 9.56. The summed E-state index contributed by atoms with van der Waals surface area (Å²) in [5.74, 6) is 3.91. The van der Waals surface area contributed by atoms with Crippen molar-refractivity contribution in [3.63, 3.8) is 0 Å². The molecule has 8 bridgehead atoms. The number of alkyl halides is 2. The van der Waals surface area contributed by atoms with Crippen LogP contribution in [-0.2, 0) is 30.3 Å². The fraction of sp³-hybridized carbons (Fsp3) is 0.0638. The van der Waals surface area contributed by atoms with E-state index in [0.29, 0.717) is 0 Å². The zero-order valence-corrected chi connectivity index (χ0v) is 36.2. The van der Waals surface area contributed by atoms with E-state index in [1.165, 1.54) is 0 Å². The van der Waals surface area contributed by atoms with Gasteiger partial charge in [0.2, 0.25) is 0 Å². The van der Waals surface area contributed by atoms with E-state index in [1.807, 2.05) is 24.3 Å². The SMILES string of the molecule is CS(C)=O.ClCCl.[Zn].c1ccc([C+]2c3ccc([n-]3)[C+](c3ccccc3)c3ccc([n-]3)[C+](c3ccccc3)c3ccc([n-]3)[C+](c3ccccc3)c3ccc2[n-]3)cc1. The predicted molar refractivity (Wildman–Crippen MR) is 224 cm³/mol. The molecule has 8 aromatic rings. The van der Waals surface area contributed by atoms with Crippen molar-refractivity contribution in [2.45, 2.75) is 0 Å². The Morgan fingerprint density at radius 2 is 0.518 bits per heavy atom. The first-order valence-electron chi connectivity index (χ1n) is 17.6. The van der Waals surface area contributed by atoms with Crippen molar-refractivity contribution in [1.82, 2.24) is 19.9 Å². The van der Waals surface area contributed by atoms with Crippen LogP contribution in [0.25, 0.3) is 0 Å². The number of hydrogen-bond donors (Lipinski definition) is 0. The van der Waals surface area contributed by atoms with E-state index >= 15 is 0 Å². The molecule has 9 heteroatoms. The quantitative estimate of drug-likeness (QED) is 0.100. The van der Waals surface area contributed by atoms with Gasteiger partial charge in [-0.25, -0.2) is 0 Å². The predicted octanol–water partition coefficient (Wildman–Crippen LogP) is 9.32. The first-order chi connectivity index (χ1) is 26.9. The Labute approximate surface area is 354 Å². The Bertz CT molecular complexity index is 2000. The molecule has 5 nitrogen and oxygen atoms in total. The van der Waals surface area contributed by atoms with Gasteiger partial charge in [-0.3, -0.25) is 4.21 Å². The summed E-state index contributed by atoms with van der Waals surface area (Å²) < 4.78 is 9.56. The fourth-order valence-electron chi connectivity index (χ4n) is 6.69. The van der Waals surface area contributed by atoms with Crippen molar-refractivity contribution in [3.8, 4) is 0 Å². The average Bonchev–Trinajstić information content (AvgIpc) is 4.05. The van der Waals surface area contributed by atoms with Gasteiger partial charge in [0.25, 0.3) is 0 Å². The molecule has 0 saturated carbocycles. The van der Waals surface area contributed by atoms with Gasteiger partial charge in [0, 0.05) is 164 Å². The van der Waals surface area contributed by atoms with Gasteiger partial charge in [0.05, 0.1) is 27.6 Å². The number of nitrogens with zero attached hydrogens (tertiary/aromatic N) is 4. The smallest absolute Gasteiger partial charge is 0.0967 e. The third-order valence-corrected chi connectivity index (χ3v) is 8.86. The minimum Gasteiger partial charge on any atom is -0.628 e. The van der Waals surface area contributed by atoms with Crippen LogP contribution in [0, 0.1) is 23.7 Å². The molecule has 0 N–H and O–H groups in total. The van der Waals surface area contributed by atoms with E-state index in [9.17, 15) is 4.21 Å². The summed E-state index contributed by atoms with van der Waals surface area (Å²) >= 11 is 9.53. The van der Waals surface area contributed by atoms with Crippen molar-refractivity contribution in [1.29, 1.82) is 0 Å². The molecule has 0 atom stereocenters. The number of aromatic nitrogens is 4. The number of fused-ring (bicyclic) bond motifs is 8. The van der Waals surface area contributed by atoms with Gasteiger partial charge in [-0.15, -0.1) is 23.2 Å². The van der Waals surface area contributed by atoms with E-state index in [2.05, 4.69) is 146 Å². The molecular weight excluding hydrogens is 805 g/mol. The molecule has 1 aliphatic heterocycles. The third-order valence-electron chi connectivity index (χ3n) is 8.86. The fourth-order valence-corrected chi connectivity index (χ4v) is 6.69. The molecule has 4 aromatic heterocycles. The summed E-state index contributed by atoms with van der Waals surface area (Å²) in [6.07, 6.45) is 3.28. The Morgan fingerprint density at radius 1 is 0.375 bits per heavy atom. The van der Waals surface area contributed by atoms with E-state index in [-0.39, 0.29) is 24.8 Å². The molecule has 9 rings (SSSR count). The topological polar surface area (TPSA) is 73.5 Å². The monoisotopic (exact) mass is 838 g/mol. The second-order valence-corrected chi connectivity index (χ2v) is 15.0. The standard InChI is InChI=1S/C44H28N4.C2H6OS.CH2Cl2.Zn/c1-5-13-29(14-6-1)41-33-21-23-35(45-33)42(30-15-7-2-8-16-30)37-25-27-39(47-37)44(32-19-11-4-12-20-32)40-28-26-38(48-40)43(31-17-9-3-10-18-31)36-24-22-34(41)46-36;1-4(2)3;2-1-3;/h1-28H;1-2H3;1H2;. The number of hydrogen-bond acceptors (Lipinski definition) is 1. The van der Waals surface area contributed by atoms with Crippen LogP contribution in [0.4, 0.5) is 0 Å². The van der Waals surface area contributed by atoms with Crippen LogP contribution in [0.5, 0.6) is 0 Å². The molecular formula is C47H36Cl2N4OSZn. The van der Waals surface area contributed by atoms with Crippen LogP contribution < -0.4 is 19.9 Å². The normalized spacial score (nSPS) is 11.9. The summed E-state index contributed by atoms with van der Waals surface area (Å²) in [6.45, 7) is 0. The molecule has 0 saturated heterocycles. The number of rotatable bonds is 4. The molecule has 0 radical (unpaired) electrons. The Kier molecular flexibility index (Phi) is 13.8. The van der Waals surface area contributed by atoms with Gasteiger partial charge in [-0.2, -0.15) is 0 Å². The summed E-state index contributed by atoms with van der Waals surface area (Å²) in [6, 6.07) is 58.4. The van der Waals surface area contributed by atoms with Crippen molar-refractivity contribution < 1.29 is 23.7 Å². The van der Waals surface area contributed by atoms with E-state index in [0.717, 1.165) is 91.5 Å². The van der Waals surface area contributed by atoms with Gasteiger partial charge in [0.1, 0.15) is 0 Å². The molecule has 0 unspecified atom stereocenters. The van der Waals surface area contributed by atoms with Gasteiger partial charge < -0.3 is 19.9 Å². The molecule has 5 heterocycles. The van der Waals surface area contributed by atoms with Crippen LogP contribution in [0.2, 0.25) is 0 Å². The molecule has 1 aliphatic rings. The first-order valence-corrected chi connectivity index (χ1v) is 20.6. The molecule has 0 spiro atoms. The maximum Gasteiger partial charge on any atom is 0.0967 e. The van der Waals surface area contributed by atoms with Gasteiger partial charge in [0.15, 0.2) is 0 Å². The molecule has 4 aromatic carbocycles. The van der Waals surface area contributed by atoms with E-state index in [1.54, 1.807) is 12.5 Å². The summed E-state index contributed by atoms with van der Waals surface area (Å²) in [5.41, 5.74) is 11.1. The van der Waals surface area contributed by atoms with Crippen LogP contribution in [-0.4, -0.2) is 22.1 Å². The van der Waals surface area contributed by atoms with Crippen LogP contribution in [0.15, 0.2) is 170 Å². The minimum atomic E-state index is -0.611. The zero-order valence-electron chi connectivity index (χ0n) is 30.9. The van der Waals surface area contributed by atoms with Crippen molar-refractivity contribution >= 4 is 34.0 Å². The second kappa shape index (κ2) is 19.1. The number of benzene rings is 4. The summed E-state index contributed by atoms with van der Waals surface area (Å²) in [7, 11) is -0.611. The molecule has 272 valence electrons. The largest absolute Gasteiger partial charge is 0.628 e. The van der Waals surface area contributed by atoms with Gasteiger partial charge in [-0.1, -0.05) is 0 Å². The number of halogens is 2. The molecule has 0 fully saturated rings. The minimum absolute atomic E-state index is 0. The first kappa shape index (κ1) is 40.5. The van der Waals surface area contributed by atoms with Crippen molar-refractivity contribution in [2.75, 3.05) is 17.9 Å².